The maximum absolute atomic E-state index is 14.1. The quantitative estimate of drug-likeness (QED) is 0.0768. The van der Waals surface area contributed by atoms with Crippen molar-refractivity contribution in [1.82, 2.24) is 9.99 Å². The molecule has 1 fully saturated rings. The first-order valence-electron chi connectivity index (χ1n) is 13.0. The number of allylic oxidation sites excluding steroid dienone is 1. The second-order valence-electron chi connectivity index (χ2n) is 9.65. The highest BCUT2D eigenvalue weighted by Crippen LogP contribution is 2.48. The van der Waals surface area contributed by atoms with Gasteiger partial charge >= 0.3 is 13.7 Å². The second kappa shape index (κ2) is 13.8. The first-order chi connectivity index (χ1) is 21.0. The van der Waals surface area contributed by atoms with Crippen molar-refractivity contribution >= 4 is 25.4 Å². The number of aliphatic hydroxyl groups excluding tert-OH is 2. The number of nitriles is 1. The number of para-hydroxylation sites is 1. The van der Waals surface area contributed by atoms with Crippen molar-refractivity contribution in [3.8, 4) is 11.8 Å². The molecule has 1 saturated heterocycles. The van der Waals surface area contributed by atoms with Crippen LogP contribution >= 0.6 is 7.75 Å². The van der Waals surface area contributed by atoms with Crippen LogP contribution in [0, 0.1) is 11.3 Å². The maximum Gasteiger partial charge on any atom is 0.459 e. The van der Waals surface area contributed by atoms with Crippen LogP contribution < -0.4 is 9.61 Å². The molecule has 16 nitrogen and oxygen atoms in total. The minimum absolute atomic E-state index is 0.0419. The fourth-order valence-electron chi connectivity index (χ4n) is 4.25. The first-order valence-corrected chi connectivity index (χ1v) is 14.6. The molecule has 2 heterocycles. The lowest BCUT2D eigenvalue weighted by Gasteiger charge is -2.31. The molecule has 230 valence electrons. The fraction of sp³-hybridized carbons (Fsp3) is 0.333. The monoisotopic (exact) mass is 626 g/mol. The average molecular weight is 627 g/mol. The number of azide groups is 1. The lowest BCUT2D eigenvalue weighted by molar-refractivity contribution is -0.159. The number of ether oxygens (including phenoxy) is 2. The number of aliphatic hydroxyl groups is 2. The summed E-state index contributed by atoms with van der Waals surface area (Å²) in [6.07, 6.45) is -3.96. The molecule has 17 heteroatoms. The van der Waals surface area contributed by atoms with E-state index in [0.29, 0.717) is 5.56 Å². The van der Waals surface area contributed by atoms with Crippen molar-refractivity contribution < 1.29 is 47.7 Å². The van der Waals surface area contributed by atoms with Crippen LogP contribution in [0.3, 0.4) is 0 Å². The third kappa shape index (κ3) is 7.31. The molecule has 44 heavy (non-hydrogen) atoms. The van der Waals surface area contributed by atoms with Gasteiger partial charge in [0.25, 0.3) is 0 Å². The Morgan fingerprint density at radius 1 is 1.27 bits per heavy atom. The minimum atomic E-state index is -4.72. The normalized spacial score (nSPS) is 25.0. The van der Waals surface area contributed by atoms with E-state index in [9.17, 15) is 40.0 Å². The molecule has 6 atom stereocenters. The molecule has 0 saturated carbocycles. The Morgan fingerprint density at radius 3 is 2.66 bits per heavy atom. The molecule has 2 aliphatic heterocycles. The molecular weight excluding hydrogens is 599 g/mol. The summed E-state index contributed by atoms with van der Waals surface area (Å²) in [4.78, 5) is 40.3. The van der Waals surface area contributed by atoms with E-state index in [4.69, 9.17) is 18.5 Å². The zero-order chi connectivity index (χ0) is 31.9. The Bertz CT molecular complexity index is 1580. The lowest BCUT2D eigenvalue weighted by atomic mass is 10.1. The van der Waals surface area contributed by atoms with Crippen molar-refractivity contribution in [1.29, 1.82) is 5.26 Å². The van der Waals surface area contributed by atoms with Crippen LogP contribution in [-0.4, -0.2) is 69.6 Å². The topological polar surface area (TPSA) is 233 Å². The summed E-state index contributed by atoms with van der Waals surface area (Å²) in [5, 5.41) is 36.9. The van der Waals surface area contributed by atoms with Crippen molar-refractivity contribution in [2.75, 3.05) is 6.61 Å². The molecule has 2 aromatic carbocycles. The van der Waals surface area contributed by atoms with Crippen LogP contribution in [0.2, 0.25) is 0 Å². The molecule has 2 aromatic rings. The van der Waals surface area contributed by atoms with E-state index >= 15 is 0 Å². The summed E-state index contributed by atoms with van der Waals surface area (Å²) < 4.78 is 36.1. The number of hydrogen-bond acceptors (Lipinski definition) is 12. The van der Waals surface area contributed by atoms with Gasteiger partial charge in [-0.3, -0.25) is 23.8 Å². The molecule has 3 N–H and O–H groups in total. The summed E-state index contributed by atoms with van der Waals surface area (Å²) >= 11 is 0. The molecular formula is C27H27N6O10P. The number of hydrogen-bond donors (Lipinski definition) is 3. The Hall–Kier alpha value is -4.58. The Labute approximate surface area is 250 Å². The number of carbonyl (C=O) groups excluding carboxylic acids is 3. The Balaban J connectivity index is 1.58. The van der Waals surface area contributed by atoms with Gasteiger partial charge in [-0.25, -0.2) is 4.57 Å². The van der Waals surface area contributed by atoms with E-state index in [2.05, 4.69) is 15.1 Å². The molecule has 0 aliphatic carbocycles. The molecule has 0 radical (unpaired) electrons. The number of esters is 1. The summed E-state index contributed by atoms with van der Waals surface area (Å²) in [6.45, 7) is 0.174. The lowest BCUT2D eigenvalue weighted by Crippen LogP contribution is -2.46. The zero-order valence-electron chi connectivity index (χ0n) is 23.1. The minimum Gasteiger partial charge on any atom is -0.460 e. The van der Waals surface area contributed by atoms with Gasteiger partial charge in [0.15, 0.2) is 12.0 Å². The summed E-state index contributed by atoms with van der Waals surface area (Å²) in [6, 6.07) is 15.0. The van der Waals surface area contributed by atoms with Gasteiger partial charge in [-0.1, -0.05) is 47.6 Å². The standard InChI is InChI=1S/C27H27N6O10P/c1-17(26(38)40-15-18-7-3-2-4-8-18)30-44(39,43-21-10-6-5-9-19(21)14-28)41-16-27(31-32-29)24(37)23(36)25(42-27)33-12-11-20(34)13-22(33)35/h2-12,17,23-25,36-37H,13,15-16H2,1H3,(H,30,39)/t17-,23+,24-,25+,27+,44?/m0/s1. The van der Waals surface area contributed by atoms with E-state index < -0.39 is 68.6 Å². The molecule has 4 rings (SSSR count). The van der Waals surface area contributed by atoms with Gasteiger partial charge in [0.1, 0.15) is 36.7 Å². The predicted molar refractivity (Wildman–Crippen MR) is 149 cm³/mol. The van der Waals surface area contributed by atoms with E-state index in [-0.39, 0.29) is 17.9 Å². The number of amides is 1. The van der Waals surface area contributed by atoms with E-state index in [1.165, 1.54) is 31.2 Å². The average Bonchev–Trinajstić information content (AvgIpc) is 3.25. The highest BCUT2D eigenvalue weighted by molar-refractivity contribution is 7.52. The van der Waals surface area contributed by atoms with Crippen molar-refractivity contribution in [3.63, 3.8) is 0 Å². The van der Waals surface area contributed by atoms with Crippen LogP contribution in [0.15, 0.2) is 72.0 Å². The van der Waals surface area contributed by atoms with Gasteiger partial charge < -0.3 is 24.2 Å². The third-order valence-electron chi connectivity index (χ3n) is 6.52. The zero-order valence-corrected chi connectivity index (χ0v) is 24.0. The fourth-order valence-corrected chi connectivity index (χ4v) is 5.78. The van der Waals surface area contributed by atoms with E-state index in [1.807, 2.05) is 6.07 Å². The molecule has 0 spiro atoms. The van der Waals surface area contributed by atoms with Crippen molar-refractivity contribution in [2.24, 2.45) is 5.11 Å². The second-order valence-corrected chi connectivity index (χ2v) is 11.3. The molecule has 0 bridgehead atoms. The van der Waals surface area contributed by atoms with Crippen LogP contribution in [0.4, 0.5) is 0 Å². The maximum atomic E-state index is 14.1. The summed E-state index contributed by atoms with van der Waals surface area (Å²) in [5.74, 6) is -2.31. The highest BCUT2D eigenvalue weighted by atomic mass is 31.2. The van der Waals surface area contributed by atoms with Gasteiger partial charge in [-0.2, -0.15) is 10.3 Å². The van der Waals surface area contributed by atoms with Gasteiger partial charge in [-0.05, 0) is 36.2 Å². The molecule has 1 amide bonds. The van der Waals surface area contributed by atoms with Gasteiger partial charge in [0.05, 0.1) is 18.6 Å². The number of rotatable bonds is 12. The van der Waals surface area contributed by atoms with Gasteiger partial charge in [-0.15, -0.1) is 0 Å². The van der Waals surface area contributed by atoms with Crippen LogP contribution in [0.1, 0.15) is 24.5 Å². The number of benzene rings is 2. The van der Waals surface area contributed by atoms with Crippen molar-refractivity contribution in [2.45, 2.75) is 50.2 Å². The van der Waals surface area contributed by atoms with Crippen LogP contribution in [-0.2, 0) is 39.6 Å². The summed E-state index contributed by atoms with van der Waals surface area (Å²) in [5.41, 5.74) is 7.44. The van der Waals surface area contributed by atoms with Crippen molar-refractivity contribution in [3.05, 3.63) is 88.4 Å². The summed E-state index contributed by atoms with van der Waals surface area (Å²) in [7, 11) is -4.72. The molecule has 0 aromatic heterocycles. The SMILES string of the molecule is C[C@H](NP(=O)(OC[C@@]1(N=[N+]=[N-])O[C@@H](N2C=CC(=O)CC2=O)[C@H](O)[C@@H]1O)Oc1ccccc1C#N)C(=O)OCc1ccccc1. The number of nitrogens with one attached hydrogen (secondary N) is 1. The van der Waals surface area contributed by atoms with E-state index in [1.54, 1.807) is 30.3 Å². The smallest absolute Gasteiger partial charge is 0.459 e. The predicted octanol–water partition coefficient (Wildman–Crippen LogP) is 2.18. The number of ketones is 1. The Kier molecular flexibility index (Phi) is 10.1. The van der Waals surface area contributed by atoms with Crippen LogP contribution in [0.25, 0.3) is 10.4 Å². The molecule has 1 unspecified atom stereocenters. The highest BCUT2D eigenvalue weighted by Gasteiger charge is 2.58. The first kappa shape index (κ1) is 32.3. The van der Waals surface area contributed by atoms with Gasteiger partial charge in [0.2, 0.25) is 11.6 Å². The largest absolute Gasteiger partial charge is 0.460 e. The molecule has 2 aliphatic rings. The number of carbonyl (C=O) groups is 3. The van der Waals surface area contributed by atoms with Gasteiger partial charge in [0, 0.05) is 11.1 Å². The Morgan fingerprint density at radius 2 is 1.98 bits per heavy atom. The third-order valence-corrected chi connectivity index (χ3v) is 8.13. The number of nitrogens with zero attached hydrogens (tertiary/aromatic N) is 5. The van der Waals surface area contributed by atoms with Crippen LogP contribution in [0.5, 0.6) is 5.75 Å². The van der Waals surface area contributed by atoms with E-state index in [0.717, 1.165) is 17.2 Å².